The highest BCUT2D eigenvalue weighted by atomic mass is 79.9. The SMILES string of the molecule is O=C(c1ccccc1)c1ccc2c3c(cccc13)[C@@H](Br)[C@@H]2Br. The van der Waals surface area contributed by atoms with E-state index in [-0.39, 0.29) is 15.4 Å². The average Bonchev–Trinajstić information content (AvgIpc) is 2.82. The summed E-state index contributed by atoms with van der Waals surface area (Å²) >= 11 is 7.50. The molecule has 3 aromatic rings. The lowest BCUT2D eigenvalue weighted by Crippen LogP contribution is -2.02. The van der Waals surface area contributed by atoms with Crippen LogP contribution in [0.25, 0.3) is 10.8 Å². The summed E-state index contributed by atoms with van der Waals surface area (Å²) in [5.74, 6) is 0.0773. The van der Waals surface area contributed by atoms with Gasteiger partial charge >= 0.3 is 0 Å². The molecule has 1 aliphatic rings. The van der Waals surface area contributed by atoms with E-state index in [0.29, 0.717) is 0 Å². The van der Waals surface area contributed by atoms with Gasteiger partial charge in [0, 0.05) is 11.1 Å². The summed E-state index contributed by atoms with van der Waals surface area (Å²) in [5.41, 5.74) is 3.99. The fourth-order valence-corrected chi connectivity index (χ4v) is 4.51. The highest BCUT2D eigenvalue weighted by Gasteiger charge is 2.31. The largest absolute Gasteiger partial charge is 0.289 e. The van der Waals surface area contributed by atoms with Gasteiger partial charge in [0.05, 0.1) is 9.65 Å². The molecule has 1 aliphatic carbocycles. The van der Waals surface area contributed by atoms with Crippen LogP contribution in [0, 0.1) is 0 Å². The minimum atomic E-state index is 0.0773. The first-order chi connectivity index (χ1) is 10.7. The Morgan fingerprint density at radius 1 is 0.773 bits per heavy atom. The zero-order valence-corrected chi connectivity index (χ0v) is 14.8. The number of carbonyl (C=O) groups excluding carboxylic acids is 1. The molecule has 3 heteroatoms. The topological polar surface area (TPSA) is 17.1 Å². The molecule has 0 unspecified atom stereocenters. The molecule has 0 radical (unpaired) electrons. The van der Waals surface area contributed by atoms with Crippen LogP contribution in [0.4, 0.5) is 0 Å². The number of hydrogen-bond donors (Lipinski definition) is 0. The van der Waals surface area contributed by atoms with Crippen molar-refractivity contribution in [3.05, 3.63) is 82.9 Å². The average molecular weight is 416 g/mol. The van der Waals surface area contributed by atoms with E-state index >= 15 is 0 Å². The summed E-state index contributed by atoms with van der Waals surface area (Å²) in [4.78, 5) is 13.3. The Labute approximate surface area is 145 Å². The molecule has 0 bridgehead atoms. The minimum Gasteiger partial charge on any atom is -0.289 e. The van der Waals surface area contributed by atoms with Gasteiger partial charge < -0.3 is 0 Å². The first-order valence-electron chi connectivity index (χ1n) is 7.12. The van der Waals surface area contributed by atoms with Crippen LogP contribution in [0.15, 0.2) is 60.7 Å². The third-order valence-electron chi connectivity index (χ3n) is 4.24. The molecule has 108 valence electrons. The number of rotatable bonds is 2. The van der Waals surface area contributed by atoms with Crippen LogP contribution >= 0.6 is 31.9 Å². The highest BCUT2D eigenvalue weighted by Crippen LogP contribution is 2.53. The van der Waals surface area contributed by atoms with Gasteiger partial charge in [0.1, 0.15) is 0 Å². The van der Waals surface area contributed by atoms with Gasteiger partial charge in [-0.25, -0.2) is 0 Å². The van der Waals surface area contributed by atoms with Crippen molar-refractivity contribution in [2.45, 2.75) is 9.65 Å². The van der Waals surface area contributed by atoms with Gasteiger partial charge in [0.2, 0.25) is 0 Å². The number of benzene rings is 3. The molecule has 0 saturated heterocycles. The second-order valence-electron chi connectivity index (χ2n) is 5.47. The normalized spacial score (nSPS) is 19.5. The maximum absolute atomic E-state index is 12.8. The van der Waals surface area contributed by atoms with Gasteiger partial charge in [-0.1, -0.05) is 92.5 Å². The zero-order valence-electron chi connectivity index (χ0n) is 11.6. The smallest absolute Gasteiger partial charge is 0.193 e. The van der Waals surface area contributed by atoms with Crippen molar-refractivity contribution >= 4 is 48.4 Å². The Bertz CT molecular complexity index is 872. The lowest BCUT2D eigenvalue weighted by molar-refractivity contribution is 0.104. The van der Waals surface area contributed by atoms with E-state index in [2.05, 4.69) is 44.0 Å². The quantitative estimate of drug-likeness (QED) is 0.373. The molecule has 0 fully saturated rings. The van der Waals surface area contributed by atoms with Crippen LogP contribution in [0.5, 0.6) is 0 Å². The van der Waals surface area contributed by atoms with E-state index in [0.717, 1.165) is 16.5 Å². The molecule has 0 saturated carbocycles. The van der Waals surface area contributed by atoms with Crippen LogP contribution in [-0.4, -0.2) is 5.78 Å². The van der Waals surface area contributed by atoms with E-state index in [1.165, 1.54) is 16.5 Å². The molecule has 0 N–H and O–H groups in total. The predicted octanol–water partition coefficient (Wildman–Crippen LogP) is 5.96. The van der Waals surface area contributed by atoms with Gasteiger partial charge in [-0.2, -0.15) is 0 Å². The van der Waals surface area contributed by atoms with E-state index in [1.54, 1.807) is 0 Å². The first-order valence-corrected chi connectivity index (χ1v) is 8.95. The van der Waals surface area contributed by atoms with E-state index < -0.39 is 0 Å². The lowest BCUT2D eigenvalue weighted by Gasteiger charge is -2.09. The molecule has 3 aromatic carbocycles. The van der Waals surface area contributed by atoms with Crippen LogP contribution in [0.1, 0.15) is 36.7 Å². The van der Waals surface area contributed by atoms with Crippen molar-refractivity contribution < 1.29 is 4.79 Å². The number of carbonyl (C=O) groups is 1. The molecule has 0 amide bonds. The van der Waals surface area contributed by atoms with E-state index in [4.69, 9.17) is 0 Å². The van der Waals surface area contributed by atoms with Crippen LogP contribution < -0.4 is 0 Å². The summed E-state index contributed by atoms with van der Waals surface area (Å²) in [5, 5.41) is 2.24. The fourth-order valence-electron chi connectivity index (χ4n) is 3.18. The Morgan fingerprint density at radius 3 is 2.18 bits per heavy atom. The Hall–Kier alpha value is -1.45. The molecule has 1 nitrogen and oxygen atoms in total. The number of halogens is 2. The molecule has 0 spiro atoms. The Balaban J connectivity index is 1.97. The maximum atomic E-state index is 12.8. The third-order valence-corrected chi connectivity index (χ3v) is 6.99. The van der Waals surface area contributed by atoms with Crippen molar-refractivity contribution in [1.82, 2.24) is 0 Å². The number of alkyl halides is 2. The number of ketones is 1. The molecule has 0 aliphatic heterocycles. The third kappa shape index (κ3) is 1.99. The molecule has 4 rings (SSSR count). The molecular weight excluding hydrogens is 404 g/mol. The van der Waals surface area contributed by atoms with Gasteiger partial charge in [-0.3, -0.25) is 4.79 Å². The molecule has 0 aromatic heterocycles. The molecule has 2 atom stereocenters. The standard InChI is InChI=1S/C19H12Br2O/c20-17-14-8-4-7-12-13(9-10-15(16(12)14)18(17)21)19(22)11-5-2-1-3-6-11/h1-10,17-18H/t17-,18-/m1/s1. The van der Waals surface area contributed by atoms with Gasteiger partial charge in [-0.15, -0.1) is 0 Å². The number of hydrogen-bond acceptors (Lipinski definition) is 1. The van der Waals surface area contributed by atoms with Crippen molar-refractivity contribution in [3.8, 4) is 0 Å². The Kier molecular flexibility index (Phi) is 3.43. The maximum Gasteiger partial charge on any atom is 0.193 e. The Morgan fingerprint density at radius 2 is 1.45 bits per heavy atom. The minimum absolute atomic E-state index is 0.0773. The summed E-state index contributed by atoms with van der Waals surface area (Å²) in [6.45, 7) is 0. The summed E-state index contributed by atoms with van der Waals surface area (Å²) in [6.07, 6.45) is 0. The van der Waals surface area contributed by atoms with Crippen LogP contribution in [0.3, 0.4) is 0 Å². The van der Waals surface area contributed by atoms with Gasteiger partial charge in [0.15, 0.2) is 5.78 Å². The monoisotopic (exact) mass is 414 g/mol. The predicted molar refractivity (Wildman–Crippen MR) is 97.2 cm³/mol. The van der Waals surface area contributed by atoms with Gasteiger partial charge in [0.25, 0.3) is 0 Å². The van der Waals surface area contributed by atoms with Crippen LogP contribution in [-0.2, 0) is 0 Å². The summed E-state index contributed by atoms with van der Waals surface area (Å²) in [6, 6.07) is 19.7. The van der Waals surface area contributed by atoms with Crippen molar-refractivity contribution in [2.75, 3.05) is 0 Å². The highest BCUT2D eigenvalue weighted by molar-refractivity contribution is 9.12. The first kappa shape index (κ1) is 14.2. The van der Waals surface area contributed by atoms with Crippen LogP contribution in [0.2, 0.25) is 0 Å². The summed E-state index contributed by atoms with van der Waals surface area (Å²) in [7, 11) is 0. The molecule has 0 heterocycles. The van der Waals surface area contributed by atoms with Gasteiger partial charge in [-0.05, 0) is 21.9 Å². The lowest BCUT2D eigenvalue weighted by atomic mass is 9.95. The van der Waals surface area contributed by atoms with E-state index in [9.17, 15) is 4.79 Å². The molecular formula is C19H12Br2O. The second kappa shape index (κ2) is 5.32. The fraction of sp³-hybridized carbons (Fsp3) is 0.105. The second-order valence-corrected chi connectivity index (χ2v) is 7.44. The van der Waals surface area contributed by atoms with Crippen molar-refractivity contribution in [3.63, 3.8) is 0 Å². The van der Waals surface area contributed by atoms with Crippen molar-refractivity contribution in [2.24, 2.45) is 0 Å². The summed E-state index contributed by atoms with van der Waals surface area (Å²) < 4.78 is 0. The zero-order chi connectivity index (χ0) is 15.3. The van der Waals surface area contributed by atoms with E-state index in [1.807, 2.05) is 48.5 Å². The van der Waals surface area contributed by atoms with Crippen molar-refractivity contribution in [1.29, 1.82) is 0 Å². The molecule has 22 heavy (non-hydrogen) atoms.